The normalized spacial score (nSPS) is 17.0. The first-order valence-electron chi connectivity index (χ1n) is 3.31. The van der Waals surface area contributed by atoms with Crippen molar-refractivity contribution in [2.24, 2.45) is 9.98 Å². The van der Waals surface area contributed by atoms with Gasteiger partial charge in [-0.15, -0.1) is 0 Å². The van der Waals surface area contributed by atoms with Gasteiger partial charge in [0.2, 0.25) is 0 Å². The van der Waals surface area contributed by atoms with Crippen molar-refractivity contribution < 1.29 is 8.42 Å². The predicted octanol–water partition coefficient (Wildman–Crippen LogP) is -0.0960. The van der Waals surface area contributed by atoms with Crippen molar-refractivity contribution in [2.75, 3.05) is 18.6 Å². The molecule has 0 aromatic carbocycles. The zero-order valence-electron chi connectivity index (χ0n) is 6.32. The van der Waals surface area contributed by atoms with E-state index in [1.807, 2.05) is 0 Å². The summed E-state index contributed by atoms with van der Waals surface area (Å²) in [5.41, 5.74) is 0. The van der Waals surface area contributed by atoms with Crippen molar-refractivity contribution in [3.8, 4) is 0 Å². The van der Waals surface area contributed by atoms with Crippen molar-refractivity contribution >= 4 is 21.9 Å². The average Bonchev–Trinajstić information content (AvgIpc) is 2.32. The number of hydrogen-bond donors (Lipinski definition) is 0. The summed E-state index contributed by atoms with van der Waals surface area (Å²) in [4.78, 5) is 7.87. The lowest BCUT2D eigenvalue weighted by atomic mass is 10.4. The maximum atomic E-state index is 10.7. The van der Waals surface area contributed by atoms with E-state index in [0.717, 1.165) is 0 Å². The van der Waals surface area contributed by atoms with Crippen molar-refractivity contribution in [1.82, 2.24) is 0 Å². The molecule has 0 spiro atoms. The van der Waals surface area contributed by atoms with E-state index in [4.69, 9.17) is 0 Å². The standard InChI is InChI=1S/C6H10N2O2S/c1-11(9,10)5-2-6-7-3-4-8-6/h3H,2,4-5H2,1H3. The fourth-order valence-electron chi connectivity index (χ4n) is 0.754. The molecule has 4 nitrogen and oxygen atoms in total. The Kier molecular flexibility index (Phi) is 2.38. The molecule has 5 heteroatoms. The van der Waals surface area contributed by atoms with Crippen molar-refractivity contribution in [2.45, 2.75) is 6.42 Å². The SMILES string of the molecule is CS(=O)(=O)CCC1=NCC=N1. The number of nitrogens with zero attached hydrogens (tertiary/aromatic N) is 2. The summed E-state index contributed by atoms with van der Waals surface area (Å²) < 4.78 is 21.4. The third kappa shape index (κ3) is 3.27. The Morgan fingerprint density at radius 3 is 2.82 bits per heavy atom. The van der Waals surface area contributed by atoms with Crippen LogP contribution in [0.1, 0.15) is 6.42 Å². The van der Waals surface area contributed by atoms with E-state index in [2.05, 4.69) is 9.98 Å². The first-order valence-corrected chi connectivity index (χ1v) is 5.37. The Balaban J connectivity index is 2.40. The van der Waals surface area contributed by atoms with E-state index in [1.54, 1.807) is 6.21 Å². The lowest BCUT2D eigenvalue weighted by molar-refractivity contribution is 0.602. The maximum Gasteiger partial charge on any atom is 0.147 e. The van der Waals surface area contributed by atoms with Crippen LogP contribution in [-0.4, -0.2) is 39.0 Å². The molecule has 0 aromatic rings. The lowest BCUT2D eigenvalue weighted by Crippen LogP contribution is -2.06. The minimum Gasteiger partial charge on any atom is -0.265 e. The number of hydrogen-bond acceptors (Lipinski definition) is 4. The van der Waals surface area contributed by atoms with Crippen LogP contribution in [0.15, 0.2) is 9.98 Å². The molecule has 0 amide bonds. The van der Waals surface area contributed by atoms with Crippen LogP contribution in [0.5, 0.6) is 0 Å². The van der Waals surface area contributed by atoms with Crippen LogP contribution < -0.4 is 0 Å². The fraction of sp³-hybridized carbons (Fsp3) is 0.667. The van der Waals surface area contributed by atoms with Crippen LogP contribution in [0.3, 0.4) is 0 Å². The molecule has 0 radical (unpaired) electrons. The summed E-state index contributed by atoms with van der Waals surface area (Å²) in [5, 5.41) is 0. The molecule has 0 bridgehead atoms. The van der Waals surface area contributed by atoms with E-state index in [0.29, 0.717) is 18.8 Å². The maximum absolute atomic E-state index is 10.7. The molecule has 0 atom stereocenters. The van der Waals surface area contributed by atoms with Gasteiger partial charge in [-0.3, -0.25) is 4.99 Å². The summed E-state index contributed by atoms with van der Waals surface area (Å²) in [6.45, 7) is 0.596. The molecule has 1 heterocycles. The third-order valence-corrected chi connectivity index (χ3v) is 2.24. The number of rotatable bonds is 3. The van der Waals surface area contributed by atoms with Gasteiger partial charge in [-0.05, 0) is 0 Å². The highest BCUT2D eigenvalue weighted by molar-refractivity contribution is 7.90. The van der Waals surface area contributed by atoms with Crippen LogP contribution in [0.25, 0.3) is 0 Å². The highest BCUT2D eigenvalue weighted by atomic mass is 32.2. The van der Waals surface area contributed by atoms with Gasteiger partial charge in [-0.25, -0.2) is 13.4 Å². The molecule has 0 aromatic heterocycles. The average molecular weight is 174 g/mol. The summed E-state index contributed by atoms with van der Waals surface area (Å²) in [5.74, 6) is 0.791. The smallest absolute Gasteiger partial charge is 0.147 e. The van der Waals surface area contributed by atoms with Gasteiger partial charge in [0.15, 0.2) is 0 Å². The number of amidine groups is 1. The highest BCUT2D eigenvalue weighted by Crippen LogP contribution is 1.97. The first kappa shape index (κ1) is 8.39. The molecule has 0 aliphatic carbocycles. The van der Waals surface area contributed by atoms with E-state index >= 15 is 0 Å². The van der Waals surface area contributed by atoms with Crippen LogP contribution in [0, 0.1) is 0 Å². The van der Waals surface area contributed by atoms with Gasteiger partial charge in [0.1, 0.15) is 15.7 Å². The summed E-state index contributed by atoms with van der Waals surface area (Å²) in [6, 6.07) is 0. The largest absolute Gasteiger partial charge is 0.265 e. The minimum atomic E-state index is -2.87. The summed E-state index contributed by atoms with van der Waals surface area (Å²) >= 11 is 0. The van der Waals surface area contributed by atoms with Crippen LogP contribution in [0.4, 0.5) is 0 Å². The van der Waals surface area contributed by atoms with E-state index in [9.17, 15) is 8.42 Å². The monoisotopic (exact) mass is 174 g/mol. The van der Waals surface area contributed by atoms with Crippen molar-refractivity contribution in [3.05, 3.63) is 0 Å². The van der Waals surface area contributed by atoms with Crippen LogP contribution >= 0.6 is 0 Å². The molecule has 0 saturated carbocycles. The van der Waals surface area contributed by atoms with Gasteiger partial charge >= 0.3 is 0 Å². The molecule has 0 N–H and O–H groups in total. The van der Waals surface area contributed by atoms with E-state index < -0.39 is 9.84 Å². The zero-order valence-corrected chi connectivity index (χ0v) is 7.13. The third-order valence-electron chi connectivity index (χ3n) is 1.29. The Morgan fingerprint density at radius 1 is 1.64 bits per heavy atom. The Bertz CT molecular complexity index is 290. The van der Waals surface area contributed by atoms with Crippen LogP contribution in [-0.2, 0) is 9.84 Å². The molecule has 11 heavy (non-hydrogen) atoms. The molecule has 0 unspecified atom stereocenters. The summed E-state index contributed by atoms with van der Waals surface area (Å²) in [7, 11) is -2.87. The quantitative estimate of drug-likeness (QED) is 0.600. The Labute approximate surface area is 66.0 Å². The zero-order chi connectivity index (χ0) is 8.32. The second-order valence-corrected chi connectivity index (χ2v) is 4.71. The second-order valence-electron chi connectivity index (χ2n) is 2.45. The topological polar surface area (TPSA) is 58.9 Å². The minimum absolute atomic E-state index is 0.142. The molecule has 0 saturated heterocycles. The molecular weight excluding hydrogens is 164 g/mol. The Hall–Kier alpha value is -0.710. The predicted molar refractivity (Wildman–Crippen MR) is 45.1 cm³/mol. The molecular formula is C6H10N2O2S. The molecule has 62 valence electrons. The van der Waals surface area contributed by atoms with Gasteiger partial charge in [0, 0.05) is 18.9 Å². The molecule has 1 rings (SSSR count). The Morgan fingerprint density at radius 2 is 2.36 bits per heavy atom. The number of sulfone groups is 1. The first-order chi connectivity index (χ1) is 5.08. The molecule has 0 fully saturated rings. The van der Waals surface area contributed by atoms with Gasteiger partial charge in [0.05, 0.1) is 12.3 Å². The fourth-order valence-corrected chi connectivity index (χ4v) is 1.31. The van der Waals surface area contributed by atoms with E-state index in [1.165, 1.54) is 6.26 Å². The van der Waals surface area contributed by atoms with Gasteiger partial charge in [0.25, 0.3) is 0 Å². The highest BCUT2D eigenvalue weighted by Gasteiger charge is 2.06. The second kappa shape index (κ2) is 3.13. The van der Waals surface area contributed by atoms with Gasteiger partial charge in [-0.1, -0.05) is 0 Å². The van der Waals surface area contributed by atoms with Gasteiger partial charge < -0.3 is 0 Å². The summed E-state index contributed by atoms with van der Waals surface area (Å²) in [6.07, 6.45) is 3.33. The van der Waals surface area contributed by atoms with Crippen LogP contribution in [0.2, 0.25) is 0 Å². The van der Waals surface area contributed by atoms with E-state index in [-0.39, 0.29) is 5.75 Å². The molecule has 1 aliphatic rings. The van der Waals surface area contributed by atoms with Gasteiger partial charge in [-0.2, -0.15) is 0 Å². The van der Waals surface area contributed by atoms with Crippen molar-refractivity contribution in [1.29, 1.82) is 0 Å². The number of aliphatic imine (C=N–C) groups is 2. The van der Waals surface area contributed by atoms with Crippen molar-refractivity contribution in [3.63, 3.8) is 0 Å². The molecule has 1 aliphatic heterocycles. The lowest BCUT2D eigenvalue weighted by Gasteiger charge is -1.94.